The summed E-state index contributed by atoms with van der Waals surface area (Å²) < 4.78 is 23.9. The van der Waals surface area contributed by atoms with Gasteiger partial charge in [-0.2, -0.15) is 0 Å². The fourth-order valence-corrected chi connectivity index (χ4v) is 8.89. The second-order valence-electron chi connectivity index (χ2n) is 17.4. The SMILES string of the molecule is CCCc1ccc(CCC(=O)O[C@H]2CC[C@H](C(=O)Oc3ccc(OC(=O)[C@H]4CC[C@H](OC(=O)CCc5ccc(CCC)cc5)CC4)c4nc(-c5ccccc5)c(C)cc34)CC2)cc1. The Morgan fingerprint density at radius 1 is 0.540 bits per heavy atom. The molecule has 0 spiro atoms. The average molecular weight is 852 g/mol. The van der Waals surface area contributed by atoms with Crippen LogP contribution in [0.25, 0.3) is 22.2 Å². The lowest BCUT2D eigenvalue weighted by atomic mass is 9.87. The topological polar surface area (TPSA) is 118 Å². The van der Waals surface area contributed by atoms with Crippen molar-refractivity contribution in [1.82, 2.24) is 4.98 Å². The molecule has 0 amide bonds. The maximum Gasteiger partial charge on any atom is 0.314 e. The number of aryl methyl sites for hydroxylation is 5. The van der Waals surface area contributed by atoms with Gasteiger partial charge in [0.15, 0.2) is 5.75 Å². The van der Waals surface area contributed by atoms with E-state index in [2.05, 4.69) is 62.4 Å². The lowest BCUT2D eigenvalue weighted by Crippen LogP contribution is -2.30. The molecule has 1 aromatic heterocycles. The van der Waals surface area contributed by atoms with E-state index in [1.165, 1.54) is 11.1 Å². The Morgan fingerprint density at radius 3 is 1.43 bits per heavy atom. The van der Waals surface area contributed by atoms with Gasteiger partial charge in [-0.05, 0) is 130 Å². The van der Waals surface area contributed by atoms with Crippen LogP contribution in [0.4, 0.5) is 0 Å². The van der Waals surface area contributed by atoms with E-state index < -0.39 is 0 Å². The summed E-state index contributed by atoms with van der Waals surface area (Å²) in [6.07, 6.45) is 10.3. The molecule has 1 heterocycles. The molecule has 2 aliphatic rings. The average Bonchev–Trinajstić information content (AvgIpc) is 3.30. The number of benzene rings is 4. The molecule has 9 heteroatoms. The number of pyridine rings is 1. The Hall–Kier alpha value is -5.83. The van der Waals surface area contributed by atoms with Crippen molar-refractivity contribution in [3.63, 3.8) is 0 Å². The minimum Gasteiger partial charge on any atom is -0.462 e. The monoisotopic (exact) mass is 851 g/mol. The van der Waals surface area contributed by atoms with Crippen LogP contribution in [-0.4, -0.2) is 41.1 Å². The van der Waals surface area contributed by atoms with Crippen molar-refractivity contribution in [3.05, 3.63) is 125 Å². The predicted molar refractivity (Wildman–Crippen MR) is 244 cm³/mol. The highest BCUT2D eigenvalue weighted by molar-refractivity contribution is 5.96. The van der Waals surface area contributed by atoms with E-state index in [1.807, 2.05) is 43.3 Å². The summed E-state index contributed by atoms with van der Waals surface area (Å²) in [4.78, 5) is 57.9. The van der Waals surface area contributed by atoms with Crippen LogP contribution in [0.2, 0.25) is 0 Å². The molecule has 0 aliphatic heterocycles. The van der Waals surface area contributed by atoms with E-state index in [1.54, 1.807) is 12.1 Å². The quantitative estimate of drug-likeness (QED) is 0.0665. The van der Waals surface area contributed by atoms with Crippen molar-refractivity contribution < 1.29 is 38.1 Å². The van der Waals surface area contributed by atoms with Crippen LogP contribution in [0.1, 0.15) is 119 Å². The summed E-state index contributed by atoms with van der Waals surface area (Å²) in [6.45, 7) is 6.28. The Bertz CT molecular complexity index is 2320. The molecule has 0 N–H and O–H groups in total. The van der Waals surface area contributed by atoms with Crippen molar-refractivity contribution in [2.45, 2.75) is 136 Å². The number of hydrogen-bond donors (Lipinski definition) is 0. The largest absolute Gasteiger partial charge is 0.462 e. The highest BCUT2D eigenvalue weighted by Gasteiger charge is 2.32. The number of esters is 4. The molecule has 2 aliphatic carbocycles. The number of carbonyl (C=O) groups excluding carboxylic acids is 4. The zero-order valence-corrected chi connectivity index (χ0v) is 37.1. The molecular formula is C54H61NO8. The Morgan fingerprint density at radius 2 is 0.968 bits per heavy atom. The molecule has 0 atom stereocenters. The first kappa shape index (κ1) is 45.2. The van der Waals surface area contributed by atoms with E-state index in [4.69, 9.17) is 23.9 Å². The van der Waals surface area contributed by atoms with Gasteiger partial charge in [-0.15, -0.1) is 0 Å². The Labute approximate surface area is 371 Å². The summed E-state index contributed by atoms with van der Waals surface area (Å²) in [5.41, 5.74) is 7.79. The minimum absolute atomic E-state index is 0.215. The van der Waals surface area contributed by atoms with Gasteiger partial charge in [0.2, 0.25) is 0 Å². The molecule has 0 saturated heterocycles. The van der Waals surface area contributed by atoms with Gasteiger partial charge in [0.05, 0.1) is 17.5 Å². The number of rotatable bonds is 17. The van der Waals surface area contributed by atoms with Gasteiger partial charge in [0.25, 0.3) is 0 Å². The molecule has 330 valence electrons. The number of aromatic nitrogens is 1. The third-order valence-electron chi connectivity index (χ3n) is 12.5. The van der Waals surface area contributed by atoms with Crippen LogP contribution in [0, 0.1) is 18.8 Å². The summed E-state index contributed by atoms with van der Waals surface area (Å²) >= 11 is 0. The first-order valence-electron chi connectivity index (χ1n) is 23.1. The van der Waals surface area contributed by atoms with Crippen LogP contribution in [0.15, 0.2) is 97.1 Å². The minimum atomic E-state index is -0.362. The highest BCUT2D eigenvalue weighted by atomic mass is 16.6. The first-order valence-corrected chi connectivity index (χ1v) is 23.1. The van der Waals surface area contributed by atoms with Crippen LogP contribution < -0.4 is 9.47 Å². The second kappa shape index (κ2) is 22.0. The van der Waals surface area contributed by atoms with E-state index in [0.29, 0.717) is 99.5 Å². The maximum atomic E-state index is 13.7. The van der Waals surface area contributed by atoms with Crippen LogP contribution in [0.5, 0.6) is 11.5 Å². The van der Waals surface area contributed by atoms with E-state index >= 15 is 0 Å². The molecule has 4 aromatic carbocycles. The fourth-order valence-electron chi connectivity index (χ4n) is 8.89. The maximum absolute atomic E-state index is 13.7. The van der Waals surface area contributed by atoms with Crippen molar-refractivity contribution in [2.75, 3.05) is 0 Å². The number of hydrogen-bond acceptors (Lipinski definition) is 9. The predicted octanol–water partition coefficient (Wildman–Crippen LogP) is 11.4. The van der Waals surface area contributed by atoms with Gasteiger partial charge >= 0.3 is 23.9 Å². The van der Waals surface area contributed by atoms with Gasteiger partial charge in [0, 0.05) is 23.8 Å². The molecule has 0 radical (unpaired) electrons. The molecule has 63 heavy (non-hydrogen) atoms. The standard InChI is InChI=1S/C54H61NO8/c1-4-9-37-13-17-39(18-14-37)21-33-49(56)60-44-27-23-42(24-28-44)53(58)62-47-31-32-48(52-46(47)35-36(3)51(55-52)41-11-7-6-8-12-41)63-54(59)43-25-29-45(30-26-43)61-50(57)34-22-40-19-15-38(10-5-2)16-20-40/h6-8,11-20,31-32,35,42-45H,4-5,9-10,21-30,33-34H2,1-3H3/t42-,43-,44-,45-. The molecule has 0 bridgehead atoms. The third kappa shape index (κ3) is 12.4. The summed E-state index contributed by atoms with van der Waals surface area (Å²) in [7, 11) is 0. The van der Waals surface area contributed by atoms with Crippen molar-refractivity contribution >= 4 is 34.8 Å². The number of carbonyl (C=O) groups is 4. The van der Waals surface area contributed by atoms with Crippen molar-refractivity contribution in [2.24, 2.45) is 11.8 Å². The Balaban J connectivity index is 0.942. The highest BCUT2D eigenvalue weighted by Crippen LogP contribution is 2.38. The summed E-state index contributed by atoms with van der Waals surface area (Å²) in [5.74, 6) is -1.21. The van der Waals surface area contributed by atoms with E-state index in [9.17, 15) is 19.2 Å². The lowest BCUT2D eigenvalue weighted by Gasteiger charge is -2.27. The van der Waals surface area contributed by atoms with E-state index in [0.717, 1.165) is 53.6 Å². The molecule has 9 nitrogen and oxygen atoms in total. The van der Waals surface area contributed by atoms with Crippen molar-refractivity contribution in [1.29, 1.82) is 0 Å². The van der Waals surface area contributed by atoms with E-state index in [-0.39, 0.29) is 47.9 Å². The Kier molecular flexibility index (Phi) is 15.8. The van der Waals surface area contributed by atoms with Crippen LogP contribution in [0.3, 0.4) is 0 Å². The number of fused-ring (bicyclic) bond motifs is 1. The zero-order valence-electron chi connectivity index (χ0n) is 37.1. The van der Waals surface area contributed by atoms with Crippen LogP contribution >= 0.6 is 0 Å². The molecule has 7 rings (SSSR count). The molecule has 2 saturated carbocycles. The second-order valence-corrected chi connectivity index (χ2v) is 17.4. The van der Waals surface area contributed by atoms with Gasteiger partial charge in [-0.1, -0.05) is 106 Å². The third-order valence-corrected chi connectivity index (χ3v) is 12.5. The van der Waals surface area contributed by atoms with Crippen molar-refractivity contribution in [3.8, 4) is 22.8 Å². The fraction of sp³-hybridized carbons (Fsp3) is 0.426. The van der Waals surface area contributed by atoms with Gasteiger partial charge in [-0.25, -0.2) is 4.98 Å². The molecule has 0 unspecified atom stereocenters. The smallest absolute Gasteiger partial charge is 0.314 e. The normalized spacial score (nSPS) is 18.7. The lowest BCUT2D eigenvalue weighted by molar-refractivity contribution is -0.153. The zero-order chi connectivity index (χ0) is 44.1. The molecule has 2 fully saturated rings. The number of nitrogens with zero attached hydrogens (tertiary/aromatic N) is 1. The summed E-state index contributed by atoms with van der Waals surface area (Å²) in [5, 5.41) is 0.570. The van der Waals surface area contributed by atoms with Gasteiger partial charge in [0.1, 0.15) is 23.5 Å². The van der Waals surface area contributed by atoms with Crippen LogP contribution in [-0.2, 0) is 54.3 Å². The molecule has 5 aromatic rings. The number of ether oxygens (including phenoxy) is 4. The molecular weight excluding hydrogens is 791 g/mol. The first-order chi connectivity index (χ1) is 30.6. The van der Waals surface area contributed by atoms with Gasteiger partial charge in [-0.3, -0.25) is 19.2 Å². The summed E-state index contributed by atoms with van der Waals surface area (Å²) in [6, 6.07) is 31.9. The van der Waals surface area contributed by atoms with Gasteiger partial charge < -0.3 is 18.9 Å².